The molecule has 1 saturated heterocycles. The van der Waals surface area contributed by atoms with Crippen LogP contribution >= 0.6 is 22.6 Å². The van der Waals surface area contributed by atoms with Gasteiger partial charge < -0.3 is 19.9 Å². The van der Waals surface area contributed by atoms with Crippen LogP contribution in [-0.4, -0.2) is 66.0 Å². The van der Waals surface area contributed by atoms with Crippen LogP contribution in [0.5, 0.6) is 0 Å². The number of hydrogen-bond donors (Lipinski definition) is 1. The first-order chi connectivity index (χ1) is 12.7. The molecule has 0 bridgehead atoms. The number of rotatable bonds is 3. The molecule has 0 aliphatic carbocycles. The predicted octanol–water partition coefficient (Wildman–Crippen LogP) is 2.49. The summed E-state index contributed by atoms with van der Waals surface area (Å²) in [7, 11) is 0. The van der Waals surface area contributed by atoms with Gasteiger partial charge in [0.1, 0.15) is 12.1 Å². The van der Waals surface area contributed by atoms with Crippen molar-refractivity contribution in [1.29, 1.82) is 0 Å². The van der Waals surface area contributed by atoms with Gasteiger partial charge in [-0.1, -0.05) is 12.1 Å². The summed E-state index contributed by atoms with van der Waals surface area (Å²) in [5, 5.41) is 2.49. The lowest BCUT2D eigenvalue weighted by Gasteiger charge is -2.23. The first-order valence-electron chi connectivity index (χ1n) is 8.96. The molecular formula is C19H26IN3O4. The van der Waals surface area contributed by atoms with E-state index in [1.165, 1.54) is 0 Å². The zero-order chi connectivity index (χ0) is 20.0. The Kier molecular flexibility index (Phi) is 7.46. The quantitative estimate of drug-likeness (QED) is 0.665. The van der Waals surface area contributed by atoms with E-state index >= 15 is 0 Å². The molecule has 1 fully saturated rings. The molecule has 3 amide bonds. The fourth-order valence-corrected chi connectivity index (χ4v) is 3.37. The average molecular weight is 487 g/mol. The fourth-order valence-electron chi connectivity index (χ4n) is 2.75. The number of benzene rings is 1. The molecule has 0 saturated carbocycles. The third-order valence-electron chi connectivity index (χ3n) is 4.02. The number of carbonyl (C=O) groups excluding carboxylic acids is 3. The first kappa shape index (κ1) is 21.5. The second-order valence-electron chi connectivity index (χ2n) is 7.36. The largest absolute Gasteiger partial charge is 0.444 e. The molecule has 0 atom stereocenters. The molecule has 1 aromatic carbocycles. The maximum absolute atomic E-state index is 12.7. The number of hydrogen-bond acceptors (Lipinski definition) is 4. The number of ether oxygens (including phenoxy) is 1. The predicted molar refractivity (Wildman–Crippen MR) is 110 cm³/mol. The Hall–Kier alpha value is -1.84. The lowest BCUT2D eigenvalue weighted by molar-refractivity contribution is -0.130. The zero-order valence-electron chi connectivity index (χ0n) is 16.0. The first-order valence-corrected chi connectivity index (χ1v) is 10.0. The number of nitrogens with one attached hydrogen (secondary N) is 1. The van der Waals surface area contributed by atoms with E-state index in [0.717, 1.165) is 3.57 Å². The normalized spacial score (nSPS) is 15.1. The zero-order valence-corrected chi connectivity index (χ0v) is 18.1. The minimum Gasteiger partial charge on any atom is -0.444 e. The highest BCUT2D eigenvalue weighted by molar-refractivity contribution is 14.1. The summed E-state index contributed by atoms with van der Waals surface area (Å²) in [6.07, 6.45) is 0.0917. The van der Waals surface area contributed by atoms with Crippen LogP contribution in [0.15, 0.2) is 24.3 Å². The summed E-state index contributed by atoms with van der Waals surface area (Å²) in [6, 6.07) is 7.48. The van der Waals surface area contributed by atoms with Gasteiger partial charge >= 0.3 is 6.09 Å². The van der Waals surface area contributed by atoms with Gasteiger partial charge in [0.15, 0.2) is 0 Å². The minimum atomic E-state index is -0.610. The SMILES string of the molecule is CC(C)(C)OC(=O)NCC(=O)N1CCCN(C(=O)c2ccccc2I)CC1. The van der Waals surface area contributed by atoms with Crippen LogP contribution in [0.4, 0.5) is 4.79 Å². The molecule has 0 aromatic heterocycles. The van der Waals surface area contributed by atoms with E-state index in [2.05, 4.69) is 27.9 Å². The number of carbonyl (C=O) groups is 3. The van der Waals surface area contributed by atoms with Crippen molar-refractivity contribution in [2.24, 2.45) is 0 Å². The van der Waals surface area contributed by atoms with Crippen LogP contribution < -0.4 is 5.32 Å². The van der Waals surface area contributed by atoms with Crippen LogP contribution in [0.25, 0.3) is 0 Å². The Morgan fingerprint density at radius 2 is 1.70 bits per heavy atom. The summed E-state index contributed by atoms with van der Waals surface area (Å²) in [4.78, 5) is 40.3. The Morgan fingerprint density at radius 3 is 2.37 bits per heavy atom. The number of halogens is 1. The van der Waals surface area contributed by atoms with E-state index in [1.54, 1.807) is 30.6 Å². The molecule has 0 unspecified atom stereocenters. The van der Waals surface area contributed by atoms with Crippen molar-refractivity contribution in [3.63, 3.8) is 0 Å². The topological polar surface area (TPSA) is 79.0 Å². The Morgan fingerprint density at radius 1 is 1.07 bits per heavy atom. The Bertz CT molecular complexity index is 702. The fraction of sp³-hybridized carbons (Fsp3) is 0.526. The van der Waals surface area contributed by atoms with E-state index in [4.69, 9.17) is 4.74 Å². The van der Waals surface area contributed by atoms with Gasteiger partial charge in [0.2, 0.25) is 5.91 Å². The van der Waals surface area contributed by atoms with Crippen molar-refractivity contribution < 1.29 is 19.1 Å². The second kappa shape index (κ2) is 9.38. The lowest BCUT2D eigenvalue weighted by atomic mass is 10.2. The van der Waals surface area contributed by atoms with Crippen LogP contribution in [0.1, 0.15) is 37.6 Å². The third kappa shape index (κ3) is 6.67. The highest BCUT2D eigenvalue weighted by Crippen LogP contribution is 2.15. The van der Waals surface area contributed by atoms with E-state index in [0.29, 0.717) is 38.2 Å². The lowest BCUT2D eigenvalue weighted by Crippen LogP contribution is -2.43. The highest BCUT2D eigenvalue weighted by Gasteiger charge is 2.24. The van der Waals surface area contributed by atoms with Crippen molar-refractivity contribution in [3.8, 4) is 0 Å². The molecule has 8 heteroatoms. The molecule has 1 aliphatic heterocycles. The van der Waals surface area contributed by atoms with Crippen LogP contribution in [0.3, 0.4) is 0 Å². The van der Waals surface area contributed by atoms with Crippen molar-refractivity contribution >= 4 is 40.5 Å². The maximum Gasteiger partial charge on any atom is 0.408 e. The molecule has 7 nitrogen and oxygen atoms in total. The minimum absolute atomic E-state index is 0.0128. The van der Waals surface area contributed by atoms with Crippen molar-refractivity contribution in [2.45, 2.75) is 32.8 Å². The Balaban J connectivity index is 1.87. The summed E-state index contributed by atoms with van der Waals surface area (Å²) in [5.74, 6) is -0.189. The van der Waals surface area contributed by atoms with Crippen LogP contribution in [0.2, 0.25) is 0 Å². The van der Waals surface area contributed by atoms with Gasteiger partial charge in [-0.3, -0.25) is 9.59 Å². The molecule has 0 spiro atoms. The molecule has 2 rings (SSSR count). The van der Waals surface area contributed by atoms with Gasteiger partial charge in [0, 0.05) is 29.7 Å². The molecule has 27 heavy (non-hydrogen) atoms. The summed E-state index contributed by atoms with van der Waals surface area (Å²) in [5.41, 5.74) is 0.0791. The smallest absolute Gasteiger partial charge is 0.408 e. The van der Waals surface area contributed by atoms with E-state index in [1.807, 2.05) is 24.3 Å². The molecule has 1 aliphatic rings. The third-order valence-corrected chi connectivity index (χ3v) is 4.96. The highest BCUT2D eigenvalue weighted by atomic mass is 127. The molecule has 0 radical (unpaired) electrons. The molecule has 1 aromatic rings. The van der Waals surface area contributed by atoms with Gasteiger partial charge in [0.25, 0.3) is 5.91 Å². The standard InChI is InChI=1S/C19H26IN3O4/c1-19(2,3)27-18(26)21-13-16(24)22-9-6-10-23(12-11-22)17(25)14-7-4-5-8-15(14)20/h4-5,7-8H,6,9-13H2,1-3H3,(H,21,26). The summed E-state index contributed by atoms with van der Waals surface area (Å²) >= 11 is 2.16. The van der Waals surface area contributed by atoms with E-state index in [9.17, 15) is 14.4 Å². The van der Waals surface area contributed by atoms with Crippen LogP contribution in [0, 0.1) is 3.57 Å². The maximum atomic E-state index is 12.7. The molecule has 1 heterocycles. The van der Waals surface area contributed by atoms with Gasteiger partial charge in [0.05, 0.1) is 5.56 Å². The van der Waals surface area contributed by atoms with Gasteiger partial charge in [-0.2, -0.15) is 0 Å². The van der Waals surface area contributed by atoms with E-state index < -0.39 is 11.7 Å². The van der Waals surface area contributed by atoms with Gasteiger partial charge in [-0.05, 0) is 61.9 Å². The Labute approximate surface area is 173 Å². The summed E-state index contributed by atoms with van der Waals surface area (Å²) in [6.45, 7) is 7.27. The molecule has 148 valence electrons. The van der Waals surface area contributed by atoms with Crippen molar-refractivity contribution in [2.75, 3.05) is 32.7 Å². The number of amides is 3. The number of alkyl carbamates (subject to hydrolysis) is 1. The second-order valence-corrected chi connectivity index (χ2v) is 8.52. The molecular weight excluding hydrogens is 461 g/mol. The average Bonchev–Trinajstić information content (AvgIpc) is 2.84. The number of nitrogens with zero attached hydrogens (tertiary/aromatic N) is 2. The molecule has 1 N–H and O–H groups in total. The van der Waals surface area contributed by atoms with Crippen molar-refractivity contribution in [3.05, 3.63) is 33.4 Å². The van der Waals surface area contributed by atoms with E-state index in [-0.39, 0.29) is 18.4 Å². The van der Waals surface area contributed by atoms with Crippen molar-refractivity contribution in [1.82, 2.24) is 15.1 Å². The monoisotopic (exact) mass is 487 g/mol. The summed E-state index contributed by atoms with van der Waals surface area (Å²) < 4.78 is 6.05. The van der Waals surface area contributed by atoms with Gasteiger partial charge in [-0.25, -0.2) is 4.79 Å². The van der Waals surface area contributed by atoms with Gasteiger partial charge in [-0.15, -0.1) is 0 Å². The van der Waals surface area contributed by atoms with Crippen LogP contribution in [-0.2, 0) is 9.53 Å².